The molecule has 2 amide bonds. The molecule has 0 saturated carbocycles. The highest BCUT2D eigenvalue weighted by Gasteiger charge is 2.23. The summed E-state index contributed by atoms with van der Waals surface area (Å²) in [6, 6.07) is 34.2. The second-order valence-electron chi connectivity index (χ2n) is 8.68. The SMILES string of the molecule is O=C(Cc1ccc(Cl)cc1)Nc1ccc(SC(C(=O)Nc2nc(-c3ccccc3)cs2)c2ccccc2)cc1. The maximum atomic E-state index is 13.4. The molecule has 5 rings (SSSR count). The molecule has 0 aliphatic heterocycles. The second-order valence-corrected chi connectivity index (χ2v) is 11.2. The van der Waals surface area contributed by atoms with Crippen molar-refractivity contribution in [2.75, 3.05) is 10.6 Å². The van der Waals surface area contributed by atoms with E-state index in [9.17, 15) is 9.59 Å². The van der Waals surface area contributed by atoms with Gasteiger partial charge in [0, 0.05) is 26.5 Å². The summed E-state index contributed by atoms with van der Waals surface area (Å²) in [6.45, 7) is 0. The summed E-state index contributed by atoms with van der Waals surface area (Å²) < 4.78 is 0. The lowest BCUT2D eigenvalue weighted by Crippen LogP contribution is -2.19. The Labute approximate surface area is 240 Å². The minimum atomic E-state index is -0.486. The van der Waals surface area contributed by atoms with E-state index in [-0.39, 0.29) is 18.2 Å². The lowest BCUT2D eigenvalue weighted by atomic mass is 10.1. The molecule has 0 radical (unpaired) electrons. The molecule has 0 spiro atoms. The van der Waals surface area contributed by atoms with Gasteiger partial charge in [0.2, 0.25) is 11.8 Å². The van der Waals surface area contributed by atoms with Gasteiger partial charge in [-0.25, -0.2) is 4.98 Å². The van der Waals surface area contributed by atoms with Crippen LogP contribution < -0.4 is 10.6 Å². The predicted octanol–water partition coefficient (Wildman–Crippen LogP) is 8.12. The van der Waals surface area contributed by atoms with Crippen molar-refractivity contribution in [2.45, 2.75) is 16.6 Å². The highest BCUT2D eigenvalue weighted by molar-refractivity contribution is 8.00. The van der Waals surface area contributed by atoms with E-state index in [0.29, 0.717) is 15.8 Å². The van der Waals surface area contributed by atoms with Crippen LogP contribution in [-0.2, 0) is 16.0 Å². The van der Waals surface area contributed by atoms with Crippen LogP contribution in [0.1, 0.15) is 16.4 Å². The van der Waals surface area contributed by atoms with Crippen LogP contribution in [0.3, 0.4) is 0 Å². The van der Waals surface area contributed by atoms with E-state index < -0.39 is 5.25 Å². The maximum absolute atomic E-state index is 13.4. The predicted molar refractivity (Wildman–Crippen MR) is 161 cm³/mol. The number of hydrogen-bond donors (Lipinski definition) is 2. The van der Waals surface area contributed by atoms with Gasteiger partial charge in [-0.05, 0) is 47.5 Å². The van der Waals surface area contributed by atoms with Gasteiger partial charge in [0.25, 0.3) is 0 Å². The number of rotatable bonds is 9. The third-order valence-corrected chi connectivity index (χ3v) is 8.09. The van der Waals surface area contributed by atoms with E-state index in [1.165, 1.54) is 23.1 Å². The van der Waals surface area contributed by atoms with Crippen molar-refractivity contribution in [3.63, 3.8) is 0 Å². The van der Waals surface area contributed by atoms with Gasteiger partial charge >= 0.3 is 0 Å². The van der Waals surface area contributed by atoms with Crippen molar-refractivity contribution in [3.05, 3.63) is 131 Å². The van der Waals surface area contributed by atoms with Gasteiger partial charge in [-0.2, -0.15) is 0 Å². The van der Waals surface area contributed by atoms with Crippen molar-refractivity contribution in [1.29, 1.82) is 0 Å². The third-order valence-electron chi connectivity index (χ3n) is 5.81. The molecule has 5 aromatic rings. The monoisotopic (exact) mass is 569 g/mol. The second kappa shape index (κ2) is 12.8. The molecule has 2 N–H and O–H groups in total. The number of thiazole rings is 1. The van der Waals surface area contributed by atoms with Gasteiger partial charge < -0.3 is 10.6 Å². The fraction of sp³-hybridized carbons (Fsp3) is 0.0645. The molecule has 1 heterocycles. The first-order chi connectivity index (χ1) is 19.0. The van der Waals surface area contributed by atoms with Crippen LogP contribution in [0.15, 0.2) is 119 Å². The van der Waals surface area contributed by atoms with Gasteiger partial charge in [-0.15, -0.1) is 23.1 Å². The van der Waals surface area contributed by atoms with Crippen molar-refractivity contribution < 1.29 is 9.59 Å². The van der Waals surface area contributed by atoms with Crippen LogP contribution in [0.5, 0.6) is 0 Å². The summed E-state index contributed by atoms with van der Waals surface area (Å²) in [7, 11) is 0. The number of aromatic nitrogens is 1. The molecule has 0 bridgehead atoms. The Bertz CT molecular complexity index is 1540. The Morgan fingerprint density at radius 2 is 1.49 bits per heavy atom. The zero-order valence-corrected chi connectivity index (χ0v) is 23.1. The van der Waals surface area contributed by atoms with Crippen LogP contribution in [0.25, 0.3) is 11.3 Å². The van der Waals surface area contributed by atoms with Crippen LogP contribution in [-0.4, -0.2) is 16.8 Å². The molecule has 4 aromatic carbocycles. The number of anilines is 2. The number of thioether (sulfide) groups is 1. The molecule has 1 unspecified atom stereocenters. The summed E-state index contributed by atoms with van der Waals surface area (Å²) in [4.78, 5) is 31.4. The van der Waals surface area contributed by atoms with Crippen LogP contribution in [0, 0.1) is 0 Å². The fourth-order valence-corrected chi connectivity index (χ4v) is 5.76. The maximum Gasteiger partial charge on any atom is 0.244 e. The minimum Gasteiger partial charge on any atom is -0.326 e. The van der Waals surface area contributed by atoms with Crippen LogP contribution in [0.2, 0.25) is 5.02 Å². The molecule has 0 aliphatic rings. The van der Waals surface area contributed by atoms with E-state index in [1.54, 1.807) is 12.1 Å². The van der Waals surface area contributed by atoms with E-state index in [0.717, 1.165) is 27.3 Å². The summed E-state index contributed by atoms with van der Waals surface area (Å²) in [5.74, 6) is -0.266. The largest absolute Gasteiger partial charge is 0.326 e. The lowest BCUT2D eigenvalue weighted by Gasteiger charge is -2.16. The molecule has 0 saturated heterocycles. The Morgan fingerprint density at radius 3 is 2.18 bits per heavy atom. The Morgan fingerprint density at radius 1 is 0.821 bits per heavy atom. The Balaban J connectivity index is 1.26. The van der Waals surface area contributed by atoms with E-state index in [1.807, 2.05) is 102 Å². The fourth-order valence-electron chi connectivity index (χ4n) is 3.89. The number of nitrogens with one attached hydrogen (secondary N) is 2. The first-order valence-electron chi connectivity index (χ1n) is 12.2. The average Bonchev–Trinajstić information content (AvgIpc) is 3.43. The molecular formula is C31H24ClN3O2S2. The molecule has 0 fully saturated rings. The molecule has 1 atom stereocenters. The smallest absolute Gasteiger partial charge is 0.244 e. The highest BCUT2D eigenvalue weighted by atomic mass is 35.5. The summed E-state index contributed by atoms with van der Waals surface area (Å²) in [5, 5.41) is 8.57. The number of hydrogen-bond acceptors (Lipinski definition) is 5. The number of amides is 2. The molecule has 0 aliphatic carbocycles. The number of carbonyl (C=O) groups is 2. The van der Waals surface area contributed by atoms with E-state index in [4.69, 9.17) is 11.6 Å². The zero-order valence-electron chi connectivity index (χ0n) is 20.7. The standard InChI is InChI=1S/C31H24ClN3O2S2/c32-24-13-11-21(12-14-24)19-28(36)33-25-15-17-26(18-16-25)39-29(23-9-5-2-6-10-23)30(37)35-31-34-27(20-38-31)22-7-3-1-4-8-22/h1-18,20,29H,19H2,(H,33,36)(H,34,35,37). The average molecular weight is 570 g/mol. The van der Waals surface area contributed by atoms with Crippen molar-refractivity contribution in [3.8, 4) is 11.3 Å². The van der Waals surface area contributed by atoms with Gasteiger partial charge in [0.1, 0.15) is 5.25 Å². The number of carbonyl (C=O) groups excluding carboxylic acids is 2. The molecule has 5 nitrogen and oxygen atoms in total. The van der Waals surface area contributed by atoms with Crippen molar-refractivity contribution in [1.82, 2.24) is 4.98 Å². The van der Waals surface area contributed by atoms with Crippen LogP contribution >= 0.6 is 34.7 Å². The first-order valence-corrected chi connectivity index (χ1v) is 14.3. The quantitative estimate of drug-likeness (QED) is 0.176. The summed E-state index contributed by atoms with van der Waals surface area (Å²) >= 11 is 8.77. The number of halogens is 1. The zero-order chi connectivity index (χ0) is 27.0. The molecule has 194 valence electrons. The summed E-state index contributed by atoms with van der Waals surface area (Å²) in [5.41, 5.74) is 4.30. The first kappa shape index (κ1) is 26.7. The summed E-state index contributed by atoms with van der Waals surface area (Å²) in [6.07, 6.45) is 0.257. The molecular weight excluding hydrogens is 546 g/mol. The molecule has 39 heavy (non-hydrogen) atoms. The normalized spacial score (nSPS) is 11.5. The third kappa shape index (κ3) is 7.35. The van der Waals surface area contributed by atoms with E-state index in [2.05, 4.69) is 15.6 Å². The minimum absolute atomic E-state index is 0.113. The van der Waals surface area contributed by atoms with Gasteiger partial charge in [-0.3, -0.25) is 9.59 Å². The topological polar surface area (TPSA) is 71.1 Å². The Hall–Kier alpha value is -3.91. The van der Waals surface area contributed by atoms with Gasteiger partial charge in [0.15, 0.2) is 5.13 Å². The highest BCUT2D eigenvalue weighted by Crippen LogP contribution is 2.37. The van der Waals surface area contributed by atoms with Gasteiger partial charge in [0.05, 0.1) is 12.1 Å². The Kier molecular flexibility index (Phi) is 8.73. The van der Waals surface area contributed by atoms with Crippen molar-refractivity contribution in [2.24, 2.45) is 0 Å². The molecule has 1 aromatic heterocycles. The van der Waals surface area contributed by atoms with Gasteiger partial charge in [-0.1, -0.05) is 84.4 Å². The number of benzene rings is 4. The molecule has 8 heteroatoms. The number of nitrogens with zero attached hydrogens (tertiary/aromatic N) is 1. The van der Waals surface area contributed by atoms with Crippen molar-refractivity contribution >= 4 is 57.3 Å². The van der Waals surface area contributed by atoms with Crippen LogP contribution in [0.4, 0.5) is 10.8 Å². The van der Waals surface area contributed by atoms with E-state index >= 15 is 0 Å². The lowest BCUT2D eigenvalue weighted by molar-refractivity contribution is -0.116.